The van der Waals surface area contributed by atoms with Crippen molar-refractivity contribution in [3.8, 4) is 0 Å². The van der Waals surface area contributed by atoms with Crippen molar-refractivity contribution in [3.63, 3.8) is 0 Å². The van der Waals surface area contributed by atoms with E-state index in [-0.39, 0.29) is 0 Å². The van der Waals surface area contributed by atoms with Crippen LogP contribution >= 0.6 is 6.49 Å². The Morgan fingerprint density at radius 3 is 2.40 bits per heavy atom. The van der Waals surface area contributed by atoms with Crippen molar-refractivity contribution in [2.75, 3.05) is 6.66 Å². The van der Waals surface area contributed by atoms with Crippen molar-refractivity contribution in [2.24, 2.45) is 0 Å². The third-order valence-corrected chi connectivity index (χ3v) is 0. The molecule has 0 aliphatic heterocycles. The molecule has 0 bridgehead atoms. The van der Waals surface area contributed by atoms with Gasteiger partial charge in [-0.3, -0.25) is 0 Å². The second kappa shape index (κ2) is 1.35. The summed E-state index contributed by atoms with van der Waals surface area (Å²) in [5.74, 6) is 0. The van der Waals surface area contributed by atoms with Gasteiger partial charge in [0.15, 0.2) is 6.49 Å². The first-order valence-electron chi connectivity index (χ1n) is 1.42. The molecule has 0 heterocycles. The molecule has 1 unspecified atom stereocenters. The molecule has 4 heteroatoms. The molecule has 0 spiro atoms. The second-order valence-electron chi connectivity index (χ2n) is 0.803. The first-order valence-corrected chi connectivity index (χ1v) is 4.13. The van der Waals surface area contributed by atoms with Gasteiger partial charge in [0.1, 0.15) is 0 Å². The lowest BCUT2D eigenvalue weighted by molar-refractivity contribution is 0.487. The molecule has 0 saturated heterocycles. The summed E-state index contributed by atoms with van der Waals surface area (Å²) < 4.78 is 6.05. The van der Waals surface area contributed by atoms with Gasteiger partial charge in [-0.2, -0.15) is 0 Å². The standard InChI is InChI=1S/CH5O2PS/c1-4(2,3)5/h1H3,(H2,2,3,5)/i/hD. The van der Waals surface area contributed by atoms with Crippen LogP contribution in [-0.2, 0) is 11.8 Å². The zero-order valence-corrected chi connectivity index (χ0v) is 4.42. The van der Waals surface area contributed by atoms with Gasteiger partial charge in [0, 0.05) is 6.66 Å². The summed E-state index contributed by atoms with van der Waals surface area (Å²) in [6, 6.07) is 0. The van der Waals surface area contributed by atoms with E-state index in [4.69, 9.17) is 6.32 Å². The van der Waals surface area contributed by atoms with Crippen molar-refractivity contribution in [1.29, 1.82) is 1.43 Å². The fourth-order valence-corrected chi connectivity index (χ4v) is 0. The highest BCUT2D eigenvalue weighted by atomic mass is 32.5. The number of hydrogen-bond donors (Lipinski definition) is 2. The van der Waals surface area contributed by atoms with Crippen LogP contribution in [0, 0.1) is 0 Å². The molecule has 0 aromatic heterocycles. The second-order valence-corrected chi connectivity index (χ2v) is 4.44. The zero-order valence-electron chi connectivity index (χ0n) is 3.71. The maximum absolute atomic E-state index is 8.34. The summed E-state index contributed by atoms with van der Waals surface area (Å²) >= 11 is 4.24. The van der Waals surface area contributed by atoms with Crippen molar-refractivity contribution < 1.29 is 9.79 Å². The molecule has 0 rings (SSSR count). The highest BCUT2D eigenvalue weighted by Crippen LogP contribution is 2.27. The lowest BCUT2D eigenvalue weighted by Gasteiger charge is -1.90. The summed E-state index contributed by atoms with van der Waals surface area (Å²) in [4.78, 5) is 12.0. The molecular weight excluding hydrogens is 107 g/mol. The van der Waals surface area contributed by atoms with Gasteiger partial charge < -0.3 is 9.79 Å². The van der Waals surface area contributed by atoms with Gasteiger partial charge in [0.2, 0.25) is 1.43 Å². The van der Waals surface area contributed by atoms with E-state index in [1.165, 1.54) is 6.66 Å². The van der Waals surface area contributed by atoms with Gasteiger partial charge in [0.25, 0.3) is 0 Å². The van der Waals surface area contributed by atoms with Crippen LogP contribution in [0.3, 0.4) is 0 Å². The Morgan fingerprint density at radius 2 is 2.40 bits per heavy atom. The highest BCUT2D eigenvalue weighted by Gasteiger charge is 1.88. The van der Waals surface area contributed by atoms with Gasteiger partial charge in [0.05, 0.1) is 0 Å². The van der Waals surface area contributed by atoms with Gasteiger partial charge in [-0.25, -0.2) is 0 Å². The van der Waals surface area contributed by atoms with Crippen LogP contribution in [0.4, 0.5) is 0 Å². The van der Waals surface area contributed by atoms with E-state index in [1.807, 2.05) is 0 Å². The van der Waals surface area contributed by atoms with E-state index >= 15 is 0 Å². The predicted molar refractivity (Wildman–Crippen MR) is 24.6 cm³/mol. The maximum Gasteiger partial charge on any atom is 0.219 e. The fraction of sp³-hybridized carbons (Fsp3) is 1.00. The third kappa shape index (κ3) is 92.9. The Balaban J connectivity index is 3.48. The Hall–Kier alpha value is 0.570. The van der Waals surface area contributed by atoms with Crippen LogP contribution in [-0.4, -0.2) is 17.9 Å². The molecule has 2 N–H and O–H groups in total. The topological polar surface area (TPSA) is 40.5 Å². The van der Waals surface area contributed by atoms with Crippen molar-refractivity contribution >= 4 is 18.3 Å². The van der Waals surface area contributed by atoms with E-state index < -0.39 is 6.49 Å². The van der Waals surface area contributed by atoms with Crippen LogP contribution < -0.4 is 0 Å². The Labute approximate surface area is 37.1 Å². The lowest BCUT2D eigenvalue weighted by Crippen LogP contribution is -1.63. The monoisotopic (exact) mass is 113 g/mol. The fourth-order valence-electron chi connectivity index (χ4n) is 0. The van der Waals surface area contributed by atoms with Crippen LogP contribution in [0.5, 0.6) is 0 Å². The molecule has 5 heavy (non-hydrogen) atoms. The van der Waals surface area contributed by atoms with E-state index in [9.17, 15) is 0 Å². The molecule has 0 amide bonds. The summed E-state index contributed by atoms with van der Waals surface area (Å²) in [6.07, 6.45) is 0. The first kappa shape index (κ1) is 3.75. The molecule has 0 aliphatic rings. The van der Waals surface area contributed by atoms with E-state index in [2.05, 4.69) is 16.7 Å². The third-order valence-electron chi connectivity index (χ3n) is 0. The van der Waals surface area contributed by atoms with E-state index in [1.54, 1.807) is 0 Å². The molecular formula is CH5O2PS. The molecule has 0 radical (unpaired) electrons. The normalized spacial score (nSPS) is 24.0. The molecule has 32 valence electrons. The minimum atomic E-state index is -2.65. The van der Waals surface area contributed by atoms with Crippen molar-refractivity contribution in [2.45, 2.75) is 0 Å². The minimum Gasteiger partial charge on any atom is -0.345 e. The Bertz CT molecular complexity index is 77.6. The summed E-state index contributed by atoms with van der Waals surface area (Å²) in [6.45, 7) is -1.33. The number of rotatable bonds is 1. The minimum absolute atomic E-state index is 1.31. The first-order chi connectivity index (χ1) is 2.56. The molecule has 1 atom stereocenters. The van der Waals surface area contributed by atoms with Gasteiger partial charge in [-0.15, -0.1) is 0 Å². The van der Waals surface area contributed by atoms with Gasteiger partial charge in [-0.05, 0) is 11.8 Å². The van der Waals surface area contributed by atoms with E-state index in [0.29, 0.717) is 0 Å². The van der Waals surface area contributed by atoms with Crippen LogP contribution in [0.1, 0.15) is 0 Å². The number of hydrogen-bond acceptors (Lipinski definition) is 2. The average Bonchev–Trinajstić information content (AvgIpc) is 1.35. The quantitative estimate of drug-likeness (QED) is 0.467. The molecule has 0 aliphatic carbocycles. The van der Waals surface area contributed by atoms with Crippen LogP contribution in [0.2, 0.25) is 0 Å². The predicted octanol–water partition coefficient (Wildman–Crippen LogP) is -0.0897. The average molecular weight is 113 g/mol. The van der Waals surface area contributed by atoms with Crippen LogP contribution in [0.25, 0.3) is 0 Å². The largest absolute Gasteiger partial charge is 0.345 e. The van der Waals surface area contributed by atoms with Crippen molar-refractivity contribution in [1.82, 2.24) is 0 Å². The SMILES string of the molecule is [2H]OP(C)(O)=S. The summed E-state index contributed by atoms with van der Waals surface area (Å²) in [5, 5.41) is 0. The molecule has 0 aromatic rings. The van der Waals surface area contributed by atoms with Crippen molar-refractivity contribution in [3.05, 3.63) is 0 Å². The summed E-state index contributed by atoms with van der Waals surface area (Å²) in [5.41, 5.74) is 0. The molecule has 0 aromatic carbocycles. The zero-order chi connectivity index (χ0) is 5.21. The Morgan fingerprint density at radius 1 is 2.20 bits per heavy atom. The summed E-state index contributed by atoms with van der Waals surface area (Å²) in [7, 11) is 0. The highest BCUT2D eigenvalue weighted by molar-refractivity contribution is 8.08. The van der Waals surface area contributed by atoms with E-state index in [0.717, 1.165) is 0 Å². The van der Waals surface area contributed by atoms with Gasteiger partial charge >= 0.3 is 0 Å². The lowest BCUT2D eigenvalue weighted by atomic mass is 12.0. The van der Waals surface area contributed by atoms with Gasteiger partial charge in [-0.1, -0.05) is 0 Å². The molecule has 2 nitrogen and oxygen atoms in total. The Kier molecular flexibility index (Phi) is 1.01. The molecule has 0 fully saturated rings. The van der Waals surface area contributed by atoms with Crippen LogP contribution in [0.15, 0.2) is 0 Å². The molecule has 0 saturated carbocycles. The smallest absolute Gasteiger partial charge is 0.219 e. The maximum atomic E-state index is 8.34.